The standard InChI is InChI=1S/C12H16OS2/c1-9-8-10(2)15(13)12(14-9)11-6-4-3-5-7-11/h3-7,9-10,12H,8H2,1-2H3/t9-,10?,12-,15?/m0/s1. The van der Waals surface area contributed by atoms with Crippen molar-refractivity contribution in [3.63, 3.8) is 0 Å². The molecule has 0 amide bonds. The van der Waals surface area contributed by atoms with Crippen LogP contribution >= 0.6 is 11.8 Å². The third-order valence-electron chi connectivity index (χ3n) is 2.70. The zero-order chi connectivity index (χ0) is 10.8. The predicted octanol–water partition coefficient (Wildman–Crippen LogP) is 3.35. The van der Waals surface area contributed by atoms with Gasteiger partial charge in [-0.3, -0.25) is 4.21 Å². The summed E-state index contributed by atoms with van der Waals surface area (Å²) in [6.45, 7) is 4.33. The fraction of sp³-hybridized carbons (Fsp3) is 0.500. The van der Waals surface area contributed by atoms with E-state index in [1.54, 1.807) is 0 Å². The van der Waals surface area contributed by atoms with Gasteiger partial charge >= 0.3 is 0 Å². The molecule has 4 atom stereocenters. The maximum Gasteiger partial charge on any atom is 0.106 e. The van der Waals surface area contributed by atoms with Crippen LogP contribution in [0.2, 0.25) is 0 Å². The molecule has 1 aliphatic rings. The number of benzene rings is 1. The van der Waals surface area contributed by atoms with E-state index in [1.165, 1.54) is 5.56 Å². The van der Waals surface area contributed by atoms with E-state index in [0.717, 1.165) is 6.42 Å². The molecule has 2 unspecified atom stereocenters. The van der Waals surface area contributed by atoms with Crippen molar-refractivity contribution in [1.82, 2.24) is 0 Å². The Labute approximate surface area is 98.1 Å². The molecule has 0 aliphatic carbocycles. The highest BCUT2D eigenvalue weighted by atomic mass is 32.2. The van der Waals surface area contributed by atoms with Crippen LogP contribution in [0.3, 0.4) is 0 Å². The Balaban J connectivity index is 2.24. The third-order valence-corrected chi connectivity index (χ3v) is 6.46. The van der Waals surface area contributed by atoms with Crippen LogP contribution in [-0.4, -0.2) is 14.7 Å². The molecule has 1 fully saturated rings. The normalized spacial score (nSPS) is 36.4. The Hall–Kier alpha value is -0.280. The number of hydrogen-bond donors (Lipinski definition) is 0. The fourth-order valence-electron chi connectivity index (χ4n) is 1.92. The number of thioether (sulfide) groups is 1. The van der Waals surface area contributed by atoms with Crippen molar-refractivity contribution in [2.45, 2.75) is 35.4 Å². The molecule has 0 radical (unpaired) electrons. The molecule has 3 heteroatoms. The monoisotopic (exact) mass is 240 g/mol. The minimum atomic E-state index is -0.731. The van der Waals surface area contributed by atoms with Gasteiger partial charge in [-0.05, 0) is 12.0 Å². The minimum absolute atomic E-state index is 0.171. The lowest BCUT2D eigenvalue weighted by Gasteiger charge is -2.30. The first-order chi connectivity index (χ1) is 7.18. The molecule has 1 nitrogen and oxygen atoms in total. The highest BCUT2D eigenvalue weighted by molar-refractivity contribution is 8.11. The highest BCUT2D eigenvalue weighted by Crippen LogP contribution is 2.43. The highest BCUT2D eigenvalue weighted by Gasteiger charge is 2.32. The van der Waals surface area contributed by atoms with E-state index in [4.69, 9.17) is 0 Å². The first-order valence-electron chi connectivity index (χ1n) is 5.28. The van der Waals surface area contributed by atoms with Gasteiger partial charge in [0.2, 0.25) is 0 Å². The van der Waals surface area contributed by atoms with Crippen molar-refractivity contribution in [3.8, 4) is 0 Å². The van der Waals surface area contributed by atoms with Crippen LogP contribution in [0.1, 0.15) is 30.4 Å². The third kappa shape index (κ3) is 2.45. The fourth-order valence-corrected chi connectivity index (χ4v) is 6.08. The van der Waals surface area contributed by atoms with Gasteiger partial charge in [0.05, 0.1) is 0 Å². The van der Waals surface area contributed by atoms with Crippen molar-refractivity contribution in [1.29, 1.82) is 0 Å². The molecule has 0 aromatic heterocycles. The van der Waals surface area contributed by atoms with Gasteiger partial charge in [0, 0.05) is 21.3 Å². The Kier molecular flexibility index (Phi) is 3.52. The summed E-state index contributed by atoms with van der Waals surface area (Å²) in [5, 5.41) is 0.939. The Morgan fingerprint density at radius 1 is 1.27 bits per heavy atom. The maximum atomic E-state index is 12.2. The smallest absolute Gasteiger partial charge is 0.106 e. The Morgan fingerprint density at radius 3 is 2.60 bits per heavy atom. The molecule has 1 aromatic carbocycles. The summed E-state index contributed by atoms with van der Waals surface area (Å²) >= 11 is 1.85. The minimum Gasteiger partial charge on any atom is -0.258 e. The molecule has 0 N–H and O–H groups in total. The molecule has 1 aromatic rings. The molecular formula is C12H16OS2. The lowest BCUT2D eigenvalue weighted by Crippen LogP contribution is -2.26. The summed E-state index contributed by atoms with van der Waals surface area (Å²) < 4.78 is 12.3. The van der Waals surface area contributed by atoms with Gasteiger partial charge in [-0.25, -0.2) is 0 Å². The molecule has 1 heterocycles. The molecule has 0 bridgehead atoms. The van der Waals surface area contributed by atoms with Crippen LogP contribution in [0.25, 0.3) is 0 Å². The van der Waals surface area contributed by atoms with Gasteiger partial charge in [-0.2, -0.15) is 0 Å². The van der Waals surface area contributed by atoms with Crippen molar-refractivity contribution >= 4 is 22.6 Å². The SMILES string of the molecule is CC1C[C@H](C)S[C@H](c2ccccc2)S1=O. The summed E-state index contributed by atoms with van der Waals surface area (Å²) in [5.74, 6) is 0. The van der Waals surface area contributed by atoms with Crippen LogP contribution in [0.4, 0.5) is 0 Å². The molecule has 82 valence electrons. The molecular weight excluding hydrogens is 224 g/mol. The first-order valence-corrected chi connectivity index (χ1v) is 7.50. The molecule has 1 aliphatic heterocycles. The Morgan fingerprint density at radius 2 is 1.93 bits per heavy atom. The van der Waals surface area contributed by atoms with E-state index < -0.39 is 10.8 Å². The molecule has 15 heavy (non-hydrogen) atoms. The van der Waals surface area contributed by atoms with Gasteiger partial charge < -0.3 is 0 Å². The second-order valence-corrected chi connectivity index (χ2v) is 7.84. The molecule has 1 saturated heterocycles. The van der Waals surface area contributed by atoms with Crippen molar-refractivity contribution < 1.29 is 4.21 Å². The topological polar surface area (TPSA) is 17.1 Å². The molecule has 2 rings (SSSR count). The van der Waals surface area contributed by atoms with Crippen molar-refractivity contribution in [2.24, 2.45) is 0 Å². The van der Waals surface area contributed by atoms with Gasteiger partial charge in [-0.1, -0.05) is 44.2 Å². The number of rotatable bonds is 1. The average molecular weight is 240 g/mol. The number of hydrogen-bond acceptors (Lipinski definition) is 2. The van der Waals surface area contributed by atoms with Crippen LogP contribution in [0.5, 0.6) is 0 Å². The summed E-state index contributed by atoms with van der Waals surface area (Å²) in [7, 11) is -0.731. The summed E-state index contributed by atoms with van der Waals surface area (Å²) in [6, 6.07) is 10.2. The van der Waals surface area contributed by atoms with Crippen LogP contribution in [-0.2, 0) is 10.8 Å². The van der Waals surface area contributed by atoms with E-state index in [0.29, 0.717) is 10.5 Å². The van der Waals surface area contributed by atoms with E-state index in [-0.39, 0.29) is 4.58 Å². The molecule has 0 saturated carbocycles. The van der Waals surface area contributed by atoms with Gasteiger partial charge in [0.1, 0.15) is 4.58 Å². The zero-order valence-electron chi connectivity index (χ0n) is 9.05. The molecule has 0 spiro atoms. The van der Waals surface area contributed by atoms with Crippen molar-refractivity contribution in [3.05, 3.63) is 35.9 Å². The summed E-state index contributed by atoms with van der Waals surface area (Å²) in [5.41, 5.74) is 1.21. The Bertz CT molecular complexity index is 350. The van der Waals surface area contributed by atoms with E-state index in [9.17, 15) is 4.21 Å². The van der Waals surface area contributed by atoms with E-state index in [1.807, 2.05) is 30.0 Å². The largest absolute Gasteiger partial charge is 0.258 e. The lowest BCUT2D eigenvalue weighted by molar-refractivity contribution is 0.657. The summed E-state index contributed by atoms with van der Waals surface area (Å²) in [4.78, 5) is 0. The van der Waals surface area contributed by atoms with E-state index >= 15 is 0 Å². The first kappa shape index (κ1) is 11.2. The van der Waals surface area contributed by atoms with Gasteiger partial charge in [0.15, 0.2) is 0 Å². The average Bonchev–Trinajstić information content (AvgIpc) is 2.24. The predicted molar refractivity (Wildman–Crippen MR) is 68.5 cm³/mol. The summed E-state index contributed by atoms with van der Waals surface area (Å²) in [6.07, 6.45) is 1.07. The van der Waals surface area contributed by atoms with Crippen molar-refractivity contribution in [2.75, 3.05) is 0 Å². The van der Waals surface area contributed by atoms with E-state index in [2.05, 4.69) is 26.0 Å². The van der Waals surface area contributed by atoms with Gasteiger partial charge in [-0.15, -0.1) is 11.8 Å². The lowest BCUT2D eigenvalue weighted by atomic mass is 10.2. The maximum absolute atomic E-state index is 12.2. The second kappa shape index (κ2) is 4.71. The van der Waals surface area contributed by atoms with Crippen LogP contribution in [0, 0.1) is 0 Å². The quantitative estimate of drug-likeness (QED) is 0.749. The zero-order valence-corrected chi connectivity index (χ0v) is 10.7. The van der Waals surface area contributed by atoms with Crippen LogP contribution < -0.4 is 0 Å². The second-order valence-electron chi connectivity index (χ2n) is 4.06. The van der Waals surface area contributed by atoms with Crippen LogP contribution in [0.15, 0.2) is 30.3 Å². The van der Waals surface area contributed by atoms with Gasteiger partial charge in [0.25, 0.3) is 0 Å².